The van der Waals surface area contributed by atoms with E-state index < -0.39 is 26.6 Å². The summed E-state index contributed by atoms with van der Waals surface area (Å²) in [5.41, 5.74) is 1.25. The fourth-order valence-corrected chi connectivity index (χ4v) is 4.50. The maximum absolute atomic E-state index is 14.8. The van der Waals surface area contributed by atoms with Gasteiger partial charge in [-0.2, -0.15) is 5.10 Å². The average molecular weight is 511 g/mol. The number of nitrogens with one attached hydrogen (secondary N) is 1. The zero-order valence-electron chi connectivity index (χ0n) is 16.8. The summed E-state index contributed by atoms with van der Waals surface area (Å²) < 4.78 is 62.5. The lowest BCUT2D eigenvalue weighted by molar-refractivity contribution is 0.475. The second-order valence-electron chi connectivity index (χ2n) is 6.76. The van der Waals surface area contributed by atoms with Gasteiger partial charge in [0.05, 0.1) is 16.9 Å². The van der Waals surface area contributed by atoms with E-state index in [0.717, 1.165) is 30.5 Å². The van der Waals surface area contributed by atoms with Gasteiger partial charge < -0.3 is 4.74 Å². The van der Waals surface area contributed by atoms with Crippen molar-refractivity contribution in [2.24, 2.45) is 7.05 Å². The molecule has 7 nitrogen and oxygen atoms in total. The molecule has 33 heavy (non-hydrogen) atoms. The number of sulfonamides is 1. The third-order valence-electron chi connectivity index (χ3n) is 4.50. The Kier molecular flexibility index (Phi) is 6.24. The monoisotopic (exact) mass is 510 g/mol. The second kappa shape index (κ2) is 8.97. The fourth-order valence-electron chi connectivity index (χ4n) is 2.97. The van der Waals surface area contributed by atoms with E-state index in [4.69, 9.17) is 27.9 Å². The molecule has 0 saturated heterocycles. The summed E-state index contributed by atoms with van der Waals surface area (Å²) in [6, 6.07) is 10.4. The molecule has 2 aromatic carbocycles. The summed E-state index contributed by atoms with van der Waals surface area (Å²) in [7, 11) is -2.67. The summed E-state index contributed by atoms with van der Waals surface area (Å²) in [5.74, 6) is -1.76. The lowest BCUT2D eigenvalue weighted by Crippen LogP contribution is -2.15. The molecule has 4 rings (SSSR count). The van der Waals surface area contributed by atoms with Crippen LogP contribution in [0.4, 0.5) is 14.6 Å². The predicted octanol–water partition coefficient (Wildman–Crippen LogP) is 5.66. The number of benzene rings is 2. The van der Waals surface area contributed by atoms with Crippen LogP contribution >= 0.6 is 23.2 Å². The number of hydrogen-bond donors (Lipinski definition) is 1. The normalized spacial score (nSPS) is 11.4. The van der Waals surface area contributed by atoms with Gasteiger partial charge in [0.15, 0.2) is 0 Å². The first kappa shape index (κ1) is 23.0. The van der Waals surface area contributed by atoms with Crippen molar-refractivity contribution < 1.29 is 21.9 Å². The van der Waals surface area contributed by atoms with E-state index in [0.29, 0.717) is 22.0 Å². The molecule has 0 radical (unpaired) electrons. The highest BCUT2D eigenvalue weighted by molar-refractivity contribution is 7.92. The zero-order chi connectivity index (χ0) is 23.8. The minimum Gasteiger partial charge on any atom is -0.455 e. The zero-order valence-corrected chi connectivity index (χ0v) is 19.1. The minimum atomic E-state index is -4.40. The van der Waals surface area contributed by atoms with Crippen LogP contribution in [0.15, 0.2) is 65.8 Å². The third kappa shape index (κ3) is 4.92. The number of halogens is 4. The van der Waals surface area contributed by atoms with E-state index in [-0.39, 0.29) is 16.6 Å². The molecule has 0 saturated carbocycles. The van der Waals surface area contributed by atoms with Crippen LogP contribution in [-0.4, -0.2) is 23.2 Å². The molecule has 0 aliphatic carbocycles. The van der Waals surface area contributed by atoms with E-state index in [1.807, 2.05) is 0 Å². The minimum absolute atomic E-state index is 0.112. The van der Waals surface area contributed by atoms with Gasteiger partial charge in [0.2, 0.25) is 0 Å². The molecular weight excluding hydrogens is 497 g/mol. The fraction of sp³-hybridized carbons (Fsp3) is 0.0476. The van der Waals surface area contributed by atoms with Crippen molar-refractivity contribution in [1.29, 1.82) is 0 Å². The molecule has 0 amide bonds. The number of hydrogen-bond acceptors (Lipinski definition) is 5. The average Bonchev–Trinajstić information content (AvgIpc) is 3.18. The topological polar surface area (TPSA) is 86.1 Å². The van der Waals surface area contributed by atoms with Crippen molar-refractivity contribution in [3.8, 4) is 22.8 Å². The van der Waals surface area contributed by atoms with Crippen LogP contribution in [-0.2, 0) is 17.1 Å². The SMILES string of the molecule is Cn1nccc1-c1cc(Cl)ccc1Oc1cc(F)c(S(=O)(=O)Nc2ccc(F)cn2)cc1Cl. The largest absolute Gasteiger partial charge is 0.455 e. The Labute approximate surface area is 197 Å². The highest BCUT2D eigenvalue weighted by atomic mass is 35.5. The van der Waals surface area contributed by atoms with Crippen molar-refractivity contribution in [3.05, 3.63) is 82.6 Å². The molecule has 4 aromatic rings. The van der Waals surface area contributed by atoms with Crippen LogP contribution in [0.5, 0.6) is 11.5 Å². The Morgan fingerprint density at radius 3 is 2.48 bits per heavy atom. The van der Waals surface area contributed by atoms with Crippen LogP contribution < -0.4 is 9.46 Å². The molecule has 1 N–H and O–H groups in total. The van der Waals surface area contributed by atoms with E-state index in [9.17, 15) is 17.2 Å². The Morgan fingerprint density at radius 1 is 1.03 bits per heavy atom. The van der Waals surface area contributed by atoms with Crippen molar-refractivity contribution >= 4 is 39.0 Å². The summed E-state index contributed by atoms with van der Waals surface area (Å²) in [6.07, 6.45) is 2.42. The van der Waals surface area contributed by atoms with E-state index in [1.54, 1.807) is 42.2 Å². The van der Waals surface area contributed by atoms with Crippen molar-refractivity contribution in [2.45, 2.75) is 4.90 Å². The lowest BCUT2D eigenvalue weighted by Gasteiger charge is -2.15. The quantitative estimate of drug-likeness (QED) is 0.361. The number of pyridine rings is 1. The standard InChI is InChI=1S/C21H14Cl2F2N4O3S/c1-29-17(6-7-27-29)14-8-12(22)2-4-18(14)32-19-10-16(25)20(9-15(19)23)33(30,31)28-21-5-3-13(24)11-26-21/h2-11H,1H3,(H,26,28). The summed E-state index contributed by atoms with van der Waals surface area (Å²) in [5, 5.41) is 4.40. The Hall–Kier alpha value is -3.21. The van der Waals surface area contributed by atoms with Crippen LogP contribution in [0.1, 0.15) is 0 Å². The molecule has 0 aliphatic rings. The third-order valence-corrected chi connectivity index (χ3v) is 6.40. The van der Waals surface area contributed by atoms with E-state index >= 15 is 0 Å². The first-order valence-corrected chi connectivity index (χ1v) is 11.5. The van der Waals surface area contributed by atoms with Gasteiger partial charge in [0.1, 0.15) is 33.8 Å². The summed E-state index contributed by atoms with van der Waals surface area (Å²) in [4.78, 5) is 2.87. The van der Waals surface area contributed by atoms with Gasteiger partial charge >= 0.3 is 0 Å². The van der Waals surface area contributed by atoms with Crippen molar-refractivity contribution in [3.63, 3.8) is 0 Å². The van der Waals surface area contributed by atoms with E-state index in [2.05, 4.69) is 14.8 Å². The van der Waals surface area contributed by atoms with Gasteiger partial charge in [-0.15, -0.1) is 0 Å². The second-order valence-corrected chi connectivity index (χ2v) is 9.26. The lowest BCUT2D eigenvalue weighted by atomic mass is 10.1. The van der Waals surface area contributed by atoms with Gasteiger partial charge in [-0.05, 0) is 42.5 Å². The molecule has 0 unspecified atom stereocenters. The first-order chi connectivity index (χ1) is 15.6. The Morgan fingerprint density at radius 2 is 1.82 bits per heavy atom. The molecule has 0 atom stereocenters. The van der Waals surface area contributed by atoms with Crippen LogP contribution in [0.2, 0.25) is 10.0 Å². The van der Waals surface area contributed by atoms with Crippen LogP contribution in [0.3, 0.4) is 0 Å². The number of aromatic nitrogens is 3. The van der Waals surface area contributed by atoms with Gasteiger partial charge in [-0.25, -0.2) is 22.2 Å². The van der Waals surface area contributed by atoms with Gasteiger partial charge in [0.25, 0.3) is 10.0 Å². The summed E-state index contributed by atoms with van der Waals surface area (Å²) >= 11 is 12.3. The smallest absolute Gasteiger partial charge is 0.266 e. The molecule has 2 aromatic heterocycles. The van der Waals surface area contributed by atoms with Gasteiger partial charge in [-0.1, -0.05) is 23.2 Å². The van der Waals surface area contributed by atoms with Gasteiger partial charge in [0, 0.05) is 29.9 Å². The van der Waals surface area contributed by atoms with Gasteiger partial charge in [-0.3, -0.25) is 9.40 Å². The number of rotatable bonds is 6. The first-order valence-electron chi connectivity index (χ1n) is 9.23. The molecule has 0 bridgehead atoms. The van der Waals surface area contributed by atoms with E-state index in [1.165, 1.54) is 0 Å². The Balaban J connectivity index is 1.68. The molecule has 0 fully saturated rings. The number of ether oxygens (including phenoxy) is 1. The van der Waals surface area contributed by atoms with Crippen LogP contribution in [0.25, 0.3) is 11.3 Å². The number of nitrogens with zero attached hydrogens (tertiary/aromatic N) is 3. The summed E-state index contributed by atoms with van der Waals surface area (Å²) in [6.45, 7) is 0. The Bertz CT molecular complexity index is 1440. The number of anilines is 1. The maximum Gasteiger partial charge on any atom is 0.266 e. The maximum atomic E-state index is 14.8. The molecule has 2 heterocycles. The molecular formula is C21H14Cl2F2N4O3S. The van der Waals surface area contributed by atoms with Crippen molar-refractivity contribution in [2.75, 3.05) is 4.72 Å². The number of aryl methyl sites for hydroxylation is 1. The predicted molar refractivity (Wildman–Crippen MR) is 120 cm³/mol. The van der Waals surface area contributed by atoms with Crippen LogP contribution in [0, 0.1) is 11.6 Å². The highest BCUT2D eigenvalue weighted by Gasteiger charge is 2.23. The highest BCUT2D eigenvalue weighted by Crippen LogP contribution is 2.39. The molecule has 170 valence electrons. The molecule has 0 aliphatic heterocycles. The molecule has 12 heteroatoms. The molecule has 0 spiro atoms. The van der Waals surface area contributed by atoms with Crippen molar-refractivity contribution in [1.82, 2.24) is 14.8 Å².